The molecule has 0 aliphatic heterocycles. The SMILES string of the molecule is CC(C)NC(=O)C1CCC(C2CC=CC=C2CO)CC1. The predicted octanol–water partition coefficient (Wildman–Crippen LogP) is 2.81. The third-order valence-corrected chi connectivity index (χ3v) is 4.64. The molecule has 1 atom stereocenters. The summed E-state index contributed by atoms with van der Waals surface area (Å²) in [6.45, 7) is 4.19. The van der Waals surface area contributed by atoms with E-state index in [0.29, 0.717) is 11.8 Å². The van der Waals surface area contributed by atoms with E-state index in [0.717, 1.165) is 32.1 Å². The molecule has 0 aromatic rings. The van der Waals surface area contributed by atoms with Gasteiger partial charge < -0.3 is 10.4 Å². The first-order valence-corrected chi connectivity index (χ1v) is 7.88. The van der Waals surface area contributed by atoms with Crippen LogP contribution in [0.4, 0.5) is 0 Å². The van der Waals surface area contributed by atoms with Gasteiger partial charge in [-0.25, -0.2) is 0 Å². The highest BCUT2D eigenvalue weighted by Gasteiger charge is 2.32. The Labute approximate surface area is 122 Å². The minimum atomic E-state index is 0.169. The average Bonchev–Trinajstić information content (AvgIpc) is 2.46. The van der Waals surface area contributed by atoms with Gasteiger partial charge in [0.25, 0.3) is 0 Å². The zero-order valence-corrected chi connectivity index (χ0v) is 12.6. The topological polar surface area (TPSA) is 49.3 Å². The van der Waals surface area contributed by atoms with Crippen molar-refractivity contribution in [1.82, 2.24) is 5.32 Å². The van der Waals surface area contributed by atoms with E-state index in [2.05, 4.69) is 17.5 Å². The second-order valence-electron chi connectivity index (χ2n) is 6.45. The van der Waals surface area contributed by atoms with Gasteiger partial charge in [-0.1, -0.05) is 18.2 Å². The number of carbonyl (C=O) groups excluding carboxylic acids is 1. The minimum absolute atomic E-state index is 0.169. The molecule has 1 saturated carbocycles. The first-order chi connectivity index (χ1) is 9.61. The molecule has 2 N–H and O–H groups in total. The summed E-state index contributed by atoms with van der Waals surface area (Å²) in [6.07, 6.45) is 11.5. The third kappa shape index (κ3) is 3.72. The number of rotatable bonds is 4. The van der Waals surface area contributed by atoms with Crippen LogP contribution < -0.4 is 5.32 Å². The van der Waals surface area contributed by atoms with Gasteiger partial charge in [0.05, 0.1) is 6.61 Å². The van der Waals surface area contributed by atoms with Gasteiger partial charge in [0.15, 0.2) is 0 Å². The summed E-state index contributed by atoms with van der Waals surface area (Å²) in [5.41, 5.74) is 1.17. The van der Waals surface area contributed by atoms with Crippen molar-refractivity contribution in [3.05, 3.63) is 23.8 Å². The molecule has 2 aliphatic rings. The van der Waals surface area contributed by atoms with Crippen molar-refractivity contribution in [2.24, 2.45) is 17.8 Å². The van der Waals surface area contributed by atoms with E-state index in [4.69, 9.17) is 0 Å². The van der Waals surface area contributed by atoms with Crippen LogP contribution in [0.5, 0.6) is 0 Å². The fraction of sp³-hybridized carbons (Fsp3) is 0.706. The number of amides is 1. The van der Waals surface area contributed by atoms with Gasteiger partial charge >= 0.3 is 0 Å². The Bertz CT molecular complexity index is 390. The van der Waals surface area contributed by atoms with Crippen molar-refractivity contribution in [2.75, 3.05) is 6.61 Å². The van der Waals surface area contributed by atoms with Crippen LogP contribution in [0, 0.1) is 17.8 Å². The summed E-state index contributed by atoms with van der Waals surface area (Å²) in [6, 6.07) is 0.229. The second-order valence-corrected chi connectivity index (χ2v) is 6.45. The van der Waals surface area contributed by atoms with Crippen molar-refractivity contribution in [3.63, 3.8) is 0 Å². The molecular formula is C17H27NO2. The number of allylic oxidation sites excluding steroid dienone is 3. The Kier molecular flexibility index (Phi) is 5.41. The molecule has 1 amide bonds. The Hall–Kier alpha value is -1.09. The molecule has 1 unspecified atom stereocenters. The Balaban J connectivity index is 1.87. The molecule has 0 bridgehead atoms. The summed E-state index contributed by atoms with van der Waals surface area (Å²) in [7, 11) is 0. The number of aliphatic hydroxyl groups excluding tert-OH is 1. The fourth-order valence-electron chi connectivity index (χ4n) is 3.54. The highest BCUT2D eigenvalue weighted by atomic mass is 16.3. The molecule has 0 aromatic heterocycles. The van der Waals surface area contributed by atoms with E-state index < -0.39 is 0 Å². The summed E-state index contributed by atoms with van der Waals surface area (Å²) < 4.78 is 0. The quantitative estimate of drug-likeness (QED) is 0.830. The Morgan fingerprint density at radius 2 is 2.05 bits per heavy atom. The average molecular weight is 277 g/mol. The number of nitrogens with one attached hydrogen (secondary N) is 1. The monoisotopic (exact) mass is 277 g/mol. The lowest BCUT2D eigenvalue weighted by Gasteiger charge is -2.35. The lowest BCUT2D eigenvalue weighted by Crippen LogP contribution is -2.38. The van der Waals surface area contributed by atoms with E-state index in [9.17, 15) is 9.90 Å². The van der Waals surface area contributed by atoms with Crippen LogP contribution in [-0.4, -0.2) is 23.7 Å². The van der Waals surface area contributed by atoms with Crippen LogP contribution in [0.3, 0.4) is 0 Å². The van der Waals surface area contributed by atoms with Crippen molar-refractivity contribution >= 4 is 5.91 Å². The standard InChI is InChI=1S/C17H27NO2/c1-12(2)18-17(20)14-9-7-13(8-10-14)16-6-4-3-5-15(16)11-19/h3-5,12-14,16,19H,6-11H2,1-2H3,(H,18,20). The summed E-state index contributed by atoms with van der Waals surface area (Å²) in [4.78, 5) is 12.0. The van der Waals surface area contributed by atoms with E-state index in [1.54, 1.807) is 0 Å². The summed E-state index contributed by atoms with van der Waals surface area (Å²) in [5, 5.41) is 12.5. The second kappa shape index (κ2) is 7.07. The lowest BCUT2D eigenvalue weighted by molar-refractivity contribution is -0.126. The third-order valence-electron chi connectivity index (χ3n) is 4.64. The first-order valence-electron chi connectivity index (χ1n) is 7.88. The lowest BCUT2D eigenvalue weighted by atomic mass is 9.71. The molecule has 0 aromatic carbocycles. The van der Waals surface area contributed by atoms with Gasteiger partial charge in [-0.15, -0.1) is 0 Å². The fourth-order valence-corrected chi connectivity index (χ4v) is 3.54. The number of hydrogen-bond acceptors (Lipinski definition) is 2. The molecule has 2 rings (SSSR count). The van der Waals surface area contributed by atoms with Crippen molar-refractivity contribution in [3.8, 4) is 0 Å². The Morgan fingerprint density at radius 1 is 1.35 bits per heavy atom. The van der Waals surface area contributed by atoms with Crippen LogP contribution in [0.15, 0.2) is 23.8 Å². The van der Waals surface area contributed by atoms with E-state index in [1.807, 2.05) is 19.9 Å². The maximum absolute atomic E-state index is 12.0. The molecule has 3 heteroatoms. The predicted molar refractivity (Wildman–Crippen MR) is 81.1 cm³/mol. The zero-order valence-electron chi connectivity index (χ0n) is 12.6. The van der Waals surface area contributed by atoms with Gasteiger partial charge in [-0.2, -0.15) is 0 Å². The van der Waals surface area contributed by atoms with Gasteiger partial charge in [-0.05, 0) is 63.4 Å². The number of carbonyl (C=O) groups is 1. The van der Waals surface area contributed by atoms with E-state index in [1.165, 1.54) is 5.57 Å². The number of hydrogen-bond donors (Lipinski definition) is 2. The van der Waals surface area contributed by atoms with Gasteiger partial charge in [0.2, 0.25) is 5.91 Å². The molecule has 0 spiro atoms. The van der Waals surface area contributed by atoms with Crippen LogP contribution in [0.2, 0.25) is 0 Å². The molecular weight excluding hydrogens is 250 g/mol. The summed E-state index contributed by atoms with van der Waals surface area (Å²) in [5.74, 6) is 1.52. The first kappa shape index (κ1) is 15.3. The molecule has 20 heavy (non-hydrogen) atoms. The van der Waals surface area contributed by atoms with Crippen molar-refractivity contribution in [2.45, 2.75) is 52.0 Å². The maximum Gasteiger partial charge on any atom is 0.223 e. The molecule has 1 fully saturated rings. The smallest absolute Gasteiger partial charge is 0.223 e. The van der Waals surface area contributed by atoms with Gasteiger partial charge in [-0.3, -0.25) is 4.79 Å². The molecule has 0 heterocycles. The largest absolute Gasteiger partial charge is 0.392 e. The number of aliphatic hydroxyl groups is 1. The highest BCUT2D eigenvalue weighted by Crippen LogP contribution is 2.39. The van der Waals surface area contributed by atoms with E-state index >= 15 is 0 Å². The van der Waals surface area contributed by atoms with Crippen LogP contribution in [0.25, 0.3) is 0 Å². The highest BCUT2D eigenvalue weighted by molar-refractivity contribution is 5.78. The van der Waals surface area contributed by atoms with Gasteiger partial charge in [0, 0.05) is 12.0 Å². The van der Waals surface area contributed by atoms with Crippen molar-refractivity contribution < 1.29 is 9.90 Å². The molecule has 0 radical (unpaired) electrons. The van der Waals surface area contributed by atoms with E-state index in [-0.39, 0.29) is 24.5 Å². The van der Waals surface area contributed by atoms with Crippen LogP contribution >= 0.6 is 0 Å². The minimum Gasteiger partial charge on any atom is -0.392 e. The van der Waals surface area contributed by atoms with Crippen LogP contribution in [0.1, 0.15) is 46.0 Å². The molecule has 0 saturated heterocycles. The van der Waals surface area contributed by atoms with Gasteiger partial charge in [0.1, 0.15) is 0 Å². The molecule has 2 aliphatic carbocycles. The summed E-state index contributed by atoms with van der Waals surface area (Å²) >= 11 is 0. The zero-order chi connectivity index (χ0) is 14.5. The van der Waals surface area contributed by atoms with Crippen molar-refractivity contribution in [1.29, 1.82) is 0 Å². The molecule has 112 valence electrons. The Morgan fingerprint density at radius 3 is 2.65 bits per heavy atom. The van der Waals surface area contributed by atoms with Crippen LogP contribution in [-0.2, 0) is 4.79 Å². The molecule has 3 nitrogen and oxygen atoms in total. The maximum atomic E-state index is 12.0. The normalized spacial score (nSPS) is 30.2.